The lowest BCUT2D eigenvalue weighted by Crippen LogP contribution is -2.15. The Bertz CT molecular complexity index is 947. The number of nitriles is 1. The summed E-state index contributed by atoms with van der Waals surface area (Å²) >= 11 is 0. The van der Waals surface area contributed by atoms with Gasteiger partial charge in [0, 0.05) is 30.6 Å². The summed E-state index contributed by atoms with van der Waals surface area (Å²) < 4.78 is 10.3. The van der Waals surface area contributed by atoms with Gasteiger partial charge in [-0.1, -0.05) is 6.07 Å². The number of carbonyl (C=O) groups excluding carboxylic acids is 2. The molecule has 3 N–H and O–H groups in total. The minimum Gasteiger partial charge on any atom is -0.497 e. The van der Waals surface area contributed by atoms with Crippen molar-refractivity contribution in [3.05, 3.63) is 54.2 Å². The molecule has 0 unspecified atom stereocenters. The van der Waals surface area contributed by atoms with Crippen LogP contribution in [0.15, 0.2) is 54.2 Å². The van der Waals surface area contributed by atoms with Gasteiger partial charge < -0.3 is 25.4 Å². The molecule has 0 fully saturated rings. The first-order chi connectivity index (χ1) is 13.5. The van der Waals surface area contributed by atoms with Gasteiger partial charge in [-0.2, -0.15) is 5.26 Å². The van der Waals surface area contributed by atoms with E-state index in [2.05, 4.69) is 16.0 Å². The van der Waals surface area contributed by atoms with Crippen LogP contribution in [-0.2, 0) is 9.59 Å². The fourth-order valence-electron chi connectivity index (χ4n) is 2.30. The van der Waals surface area contributed by atoms with Gasteiger partial charge in [-0.25, -0.2) is 0 Å². The second-order valence-electron chi connectivity index (χ2n) is 5.60. The number of nitrogens with one attached hydrogen (secondary N) is 3. The van der Waals surface area contributed by atoms with Crippen molar-refractivity contribution in [3.63, 3.8) is 0 Å². The molecule has 8 nitrogen and oxygen atoms in total. The molecule has 0 saturated heterocycles. The molecule has 0 spiro atoms. The Morgan fingerprint density at radius 3 is 2.43 bits per heavy atom. The molecule has 0 saturated carbocycles. The summed E-state index contributed by atoms with van der Waals surface area (Å²) in [5.74, 6) is 0.158. The van der Waals surface area contributed by atoms with E-state index < -0.39 is 5.91 Å². The molecule has 0 heterocycles. The van der Waals surface area contributed by atoms with Crippen molar-refractivity contribution in [2.75, 3.05) is 30.2 Å². The van der Waals surface area contributed by atoms with Gasteiger partial charge in [0.05, 0.1) is 19.9 Å². The average molecular weight is 380 g/mol. The van der Waals surface area contributed by atoms with E-state index >= 15 is 0 Å². The van der Waals surface area contributed by atoms with Gasteiger partial charge in [0.2, 0.25) is 5.91 Å². The van der Waals surface area contributed by atoms with E-state index in [9.17, 15) is 14.9 Å². The largest absolute Gasteiger partial charge is 0.497 e. The van der Waals surface area contributed by atoms with Gasteiger partial charge in [-0.05, 0) is 30.3 Å². The number of rotatable bonds is 7. The highest BCUT2D eigenvalue weighted by Gasteiger charge is 2.13. The molecule has 28 heavy (non-hydrogen) atoms. The Balaban J connectivity index is 2.16. The highest BCUT2D eigenvalue weighted by atomic mass is 16.5. The van der Waals surface area contributed by atoms with Crippen LogP contribution >= 0.6 is 0 Å². The molecule has 0 aromatic heterocycles. The molecular weight excluding hydrogens is 360 g/mol. The van der Waals surface area contributed by atoms with Crippen LogP contribution in [0.25, 0.3) is 0 Å². The van der Waals surface area contributed by atoms with Crippen LogP contribution in [0.1, 0.15) is 6.92 Å². The van der Waals surface area contributed by atoms with Crippen molar-refractivity contribution < 1.29 is 19.1 Å². The number of anilines is 3. The third-order valence-corrected chi connectivity index (χ3v) is 3.59. The zero-order valence-corrected chi connectivity index (χ0v) is 15.7. The van der Waals surface area contributed by atoms with Crippen LogP contribution in [0.2, 0.25) is 0 Å². The lowest BCUT2D eigenvalue weighted by molar-refractivity contribution is -0.114. The molecule has 2 aromatic rings. The molecule has 0 aliphatic heterocycles. The maximum Gasteiger partial charge on any atom is 0.267 e. The van der Waals surface area contributed by atoms with Gasteiger partial charge in [0.25, 0.3) is 5.91 Å². The number of hydrogen-bond acceptors (Lipinski definition) is 6. The molecule has 0 bridgehead atoms. The summed E-state index contributed by atoms with van der Waals surface area (Å²) in [5.41, 5.74) is 1.43. The predicted molar refractivity (Wildman–Crippen MR) is 106 cm³/mol. The third-order valence-electron chi connectivity index (χ3n) is 3.59. The zero-order valence-electron chi connectivity index (χ0n) is 15.7. The Morgan fingerprint density at radius 1 is 1.04 bits per heavy atom. The van der Waals surface area contributed by atoms with Crippen molar-refractivity contribution >= 4 is 28.9 Å². The minimum absolute atomic E-state index is 0.144. The molecule has 0 aliphatic carbocycles. The lowest BCUT2D eigenvalue weighted by Gasteiger charge is -2.11. The van der Waals surface area contributed by atoms with Crippen LogP contribution in [0.4, 0.5) is 17.1 Å². The number of carbonyl (C=O) groups is 2. The first-order valence-corrected chi connectivity index (χ1v) is 8.24. The first-order valence-electron chi connectivity index (χ1n) is 8.24. The quantitative estimate of drug-likeness (QED) is 0.502. The van der Waals surface area contributed by atoms with Crippen LogP contribution in [0.3, 0.4) is 0 Å². The third kappa shape index (κ3) is 5.51. The van der Waals surface area contributed by atoms with Crippen molar-refractivity contribution in [2.24, 2.45) is 0 Å². The zero-order chi connectivity index (χ0) is 20.5. The summed E-state index contributed by atoms with van der Waals surface area (Å²) in [6.45, 7) is 1.41. The lowest BCUT2D eigenvalue weighted by atomic mass is 10.2. The number of methoxy groups -OCH3 is 2. The number of nitrogens with zero attached hydrogens (tertiary/aromatic N) is 1. The van der Waals surface area contributed by atoms with Crippen molar-refractivity contribution in [1.29, 1.82) is 5.26 Å². The van der Waals surface area contributed by atoms with Crippen LogP contribution in [0.5, 0.6) is 11.5 Å². The number of ether oxygens (including phenoxy) is 2. The van der Waals surface area contributed by atoms with E-state index in [-0.39, 0.29) is 11.5 Å². The van der Waals surface area contributed by atoms with Gasteiger partial charge in [0.1, 0.15) is 23.1 Å². The number of benzene rings is 2. The van der Waals surface area contributed by atoms with Crippen molar-refractivity contribution in [2.45, 2.75) is 6.92 Å². The summed E-state index contributed by atoms with van der Waals surface area (Å²) in [6.07, 6.45) is 1.29. The van der Waals surface area contributed by atoms with Crippen molar-refractivity contribution in [1.82, 2.24) is 0 Å². The highest BCUT2D eigenvalue weighted by Crippen LogP contribution is 2.29. The minimum atomic E-state index is -0.612. The number of amides is 2. The van der Waals surface area contributed by atoms with Crippen LogP contribution in [0, 0.1) is 11.3 Å². The molecule has 2 aromatic carbocycles. The summed E-state index contributed by atoms with van der Waals surface area (Å²) in [4.78, 5) is 23.6. The van der Waals surface area contributed by atoms with E-state index in [4.69, 9.17) is 9.47 Å². The Hall–Kier alpha value is -3.99. The fourth-order valence-corrected chi connectivity index (χ4v) is 2.30. The first kappa shape index (κ1) is 20.3. The molecular formula is C20H20N4O4. The Labute approximate surface area is 162 Å². The van der Waals surface area contributed by atoms with E-state index in [0.29, 0.717) is 28.6 Å². The fraction of sp³-hybridized carbons (Fsp3) is 0.150. The second kappa shape index (κ2) is 9.64. The van der Waals surface area contributed by atoms with E-state index in [1.54, 1.807) is 42.5 Å². The van der Waals surface area contributed by atoms with Crippen molar-refractivity contribution in [3.8, 4) is 17.6 Å². The molecule has 0 atom stereocenters. The number of hydrogen-bond donors (Lipinski definition) is 3. The average Bonchev–Trinajstić information content (AvgIpc) is 2.68. The normalized spacial score (nSPS) is 10.4. The van der Waals surface area contributed by atoms with E-state index in [1.165, 1.54) is 27.3 Å². The smallest absolute Gasteiger partial charge is 0.267 e. The molecule has 8 heteroatoms. The van der Waals surface area contributed by atoms with Gasteiger partial charge in [-0.3, -0.25) is 9.59 Å². The molecule has 2 amide bonds. The van der Waals surface area contributed by atoms with E-state index in [0.717, 1.165) is 0 Å². The molecule has 0 radical (unpaired) electrons. The van der Waals surface area contributed by atoms with Crippen LogP contribution in [-0.4, -0.2) is 26.0 Å². The van der Waals surface area contributed by atoms with Gasteiger partial charge >= 0.3 is 0 Å². The van der Waals surface area contributed by atoms with E-state index in [1.807, 2.05) is 6.07 Å². The highest BCUT2D eigenvalue weighted by molar-refractivity contribution is 6.07. The second-order valence-corrected chi connectivity index (χ2v) is 5.60. The summed E-state index contributed by atoms with van der Waals surface area (Å²) in [7, 11) is 2.98. The predicted octanol–water partition coefficient (Wildman–Crippen LogP) is 3.12. The topological polar surface area (TPSA) is 112 Å². The molecule has 2 rings (SSSR count). The SMILES string of the molecule is COc1ccc(OC)c(NC(=O)/C(C#N)=C\Nc2cccc(NC(C)=O)c2)c1. The van der Waals surface area contributed by atoms with Gasteiger partial charge in [-0.15, -0.1) is 0 Å². The van der Waals surface area contributed by atoms with Crippen LogP contribution < -0.4 is 25.4 Å². The summed E-state index contributed by atoms with van der Waals surface area (Å²) in [6, 6.07) is 13.7. The standard InChI is InChI=1S/C20H20N4O4/c1-13(25)23-16-6-4-5-15(9-16)22-12-14(11-21)20(26)24-18-10-17(27-2)7-8-19(18)28-3/h4-10,12,22H,1-3H3,(H,23,25)(H,24,26)/b14-12-. The molecule has 144 valence electrons. The molecule has 0 aliphatic rings. The van der Waals surface area contributed by atoms with Gasteiger partial charge in [0.15, 0.2) is 0 Å². The summed E-state index contributed by atoms with van der Waals surface area (Å²) in [5, 5.41) is 17.5. The Morgan fingerprint density at radius 2 is 1.79 bits per heavy atom. The monoisotopic (exact) mass is 380 g/mol. The maximum atomic E-state index is 12.4. The maximum absolute atomic E-state index is 12.4. The Kier molecular flexibility index (Phi) is 6.99.